The molecule has 0 aliphatic carbocycles. The first-order valence-corrected chi connectivity index (χ1v) is 11.0. The quantitative estimate of drug-likeness (QED) is 0.380. The van der Waals surface area contributed by atoms with Gasteiger partial charge in [0.15, 0.2) is 0 Å². The van der Waals surface area contributed by atoms with Crippen molar-refractivity contribution in [1.29, 1.82) is 0 Å². The Morgan fingerprint density at radius 3 is 2.69 bits per heavy atom. The SMILES string of the molecule is Cc1cc(C2=NCc3ccc(-c4ccn(Cc5cccc(Br)c5F)c(=O)c4)cc32)ccn1. The summed E-state index contributed by atoms with van der Waals surface area (Å²) in [6, 6.07) is 18.7. The van der Waals surface area contributed by atoms with Crippen molar-refractivity contribution < 1.29 is 4.39 Å². The fourth-order valence-electron chi connectivity index (χ4n) is 3.98. The van der Waals surface area contributed by atoms with Crippen LogP contribution in [0.5, 0.6) is 0 Å². The molecule has 0 spiro atoms. The highest BCUT2D eigenvalue weighted by Gasteiger charge is 2.19. The van der Waals surface area contributed by atoms with E-state index < -0.39 is 0 Å². The Hall–Kier alpha value is -3.38. The molecule has 158 valence electrons. The van der Waals surface area contributed by atoms with Gasteiger partial charge in [0, 0.05) is 40.8 Å². The Balaban J connectivity index is 1.47. The van der Waals surface area contributed by atoms with Gasteiger partial charge in [-0.15, -0.1) is 0 Å². The summed E-state index contributed by atoms with van der Waals surface area (Å²) < 4.78 is 16.2. The molecule has 3 heterocycles. The second kappa shape index (κ2) is 8.28. The molecular formula is C26H19BrFN3O. The molecule has 5 rings (SSSR count). The summed E-state index contributed by atoms with van der Waals surface area (Å²) in [5.41, 5.74) is 7.22. The first-order valence-electron chi connectivity index (χ1n) is 10.2. The number of nitrogens with zero attached hydrogens (tertiary/aromatic N) is 3. The molecule has 32 heavy (non-hydrogen) atoms. The summed E-state index contributed by atoms with van der Waals surface area (Å²) in [6.45, 7) is 2.78. The molecule has 0 N–H and O–H groups in total. The molecule has 0 atom stereocenters. The van der Waals surface area contributed by atoms with Gasteiger partial charge >= 0.3 is 0 Å². The van der Waals surface area contributed by atoms with Crippen LogP contribution in [0.2, 0.25) is 0 Å². The van der Waals surface area contributed by atoms with Crippen LogP contribution < -0.4 is 5.56 Å². The van der Waals surface area contributed by atoms with Crippen molar-refractivity contribution in [3.05, 3.63) is 122 Å². The van der Waals surface area contributed by atoms with Gasteiger partial charge in [-0.25, -0.2) is 4.39 Å². The number of pyridine rings is 2. The Kier molecular flexibility index (Phi) is 5.31. The van der Waals surface area contributed by atoms with Gasteiger partial charge in [0.2, 0.25) is 0 Å². The van der Waals surface area contributed by atoms with E-state index in [4.69, 9.17) is 4.99 Å². The van der Waals surface area contributed by atoms with Gasteiger partial charge < -0.3 is 4.57 Å². The number of aliphatic imine (C=N–C) groups is 1. The van der Waals surface area contributed by atoms with Crippen molar-refractivity contribution in [2.75, 3.05) is 0 Å². The van der Waals surface area contributed by atoms with Crippen LogP contribution >= 0.6 is 15.9 Å². The highest BCUT2D eigenvalue weighted by molar-refractivity contribution is 9.10. The lowest BCUT2D eigenvalue weighted by Gasteiger charge is -2.11. The topological polar surface area (TPSA) is 47.2 Å². The average Bonchev–Trinajstić information content (AvgIpc) is 3.21. The van der Waals surface area contributed by atoms with Gasteiger partial charge in [-0.05, 0) is 69.9 Å². The molecule has 0 radical (unpaired) electrons. The minimum absolute atomic E-state index is 0.173. The predicted octanol–water partition coefficient (Wildman–Crippen LogP) is 5.52. The Morgan fingerprint density at radius 1 is 1.03 bits per heavy atom. The van der Waals surface area contributed by atoms with Crippen LogP contribution in [0.1, 0.15) is 27.9 Å². The first-order chi connectivity index (χ1) is 15.5. The van der Waals surface area contributed by atoms with Gasteiger partial charge in [-0.3, -0.25) is 14.8 Å². The smallest absolute Gasteiger partial charge is 0.251 e. The molecule has 6 heteroatoms. The Bertz CT molecular complexity index is 1440. The number of benzene rings is 2. The molecule has 0 fully saturated rings. The van der Waals surface area contributed by atoms with E-state index in [0.29, 0.717) is 16.6 Å². The van der Waals surface area contributed by atoms with E-state index in [0.717, 1.165) is 39.2 Å². The first kappa shape index (κ1) is 20.5. The van der Waals surface area contributed by atoms with Crippen molar-refractivity contribution in [2.24, 2.45) is 4.99 Å². The molecule has 1 aliphatic heterocycles. The number of aromatic nitrogens is 2. The van der Waals surface area contributed by atoms with Crippen molar-refractivity contribution in [2.45, 2.75) is 20.0 Å². The molecule has 1 aliphatic rings. The molecule has 0 saturated heterocycles. The van der Waals surface area contributed by atoms with Crippen LogP contribution in [0.4, 0.5) is 4.39 Å². The van der Waals surface area contributed by atoms with E-state index in [-0.39, 0.29) is 17.9 Å². The standard InChI is InChI=1S/C26H19BrFN3O/c1-16-11-19(7-9-29-16)26-22-12-17(5-6-20(22)14-30-26)18-8-10-31(24(32)13-18)15-21-3-2-4-23(27)25(21)28/h2-13H,14-15H2,1H3. The summed E-state index contributed by atoms with van der Waals surface area (Å²) >= 11 is 3.19. The summed E-state index contributed by atoms with van der Waals surface area (Å²) in [5.74, 6) is -0.347. The summed E-state index contributed by atoms with van der Waals surface area (Å²) in [7, 11) is 0. The maximum absolute atomic E-state index is 14.3. The summed E-state index contributed by atoms with van der Waals surface area (Å²) in [5, 5.41) is 0. The third-order valence-electron chi connectivity index (χ3n) is 5.64. The maximum Gasteiger partial charge on any atom is 0.251 e. The van der Waals surface area contributed by atoms with Gasteiger partial charge in [0.1, 0.15) is 5.82 Å². The van der Waals surface area contributed by atoms with E-state index in [1.54, 1.807) is 36.7 Å². The van der Waals surface area contributed by atoms with Crippen molar-refractivity contribution in [1.82, 2.24) is 9.55 Å². The van der Waals surface area contributed by atoms with Gasteiger partial charge in [-0.2, -0.15) is 0 Å². The molecule has 4 nitrogen and oxygen atoms in total. The lowest BCUT2D eigenvalue weighted by atomic mass is 9.96. The van der Waals surface area contributed by atoms with E-state index in [2.05, 4.69) is 33.0 Å². The lowest BCUT2D eigenvalue weighted by Crippen LogP contribution is -2.19. The molecule has 4 aromatic rings. The molecule has 0 saturated carbocycles. The number of fused-ring (bicyclic) bond motifs is 1. The van der Waals surface area contributed by atoms with Crippen LogP contribution in [0.25, 0.3) is 11.1 Å². The maximum atomic E-state index is 14.3. The Morgan fingerprint density at radius 2 is 1.88 bits per heavy atom. The minimum atomic E-state index is -0.347. The van der Waals surface area contributed by atoms with Crippen molar-refractivity contribution >= 4 is 21.6 Å². The van der Waals surface area contributed by atoms with Crippen LogP contribution in [-0.4, -0.2) is 15.3 Å². The third-order valence-corrected chi connectivity index (χ3v) is 6.26. The van der Waals surface area contributed by atoms with Crippen LogP contribution in [0.3, 0.4) is 0 Å². The van der Waals surface area contributed by atoms with E-state index in [9.17, 15) is 9.18 Å². The van der Waals surface area contributed by atoms with Crippen LogP contribution in [0.15, 0.2) is 87.3 Å². The van der Waals surface area contributed by atoms with Crippen LogP contribution in [-0.2, 0) is 13.1 Å². The zero-order valence-corrected chi connectivity index (χ0v) is 18.9. The van der Waals surface area contributed by atoms with E-state index >= 15 is 0 Å². The van der Waals surface area contributed by atoms with Crippen LogP contribution in [0, 0.1) is 12.7 Å². The molecular weight excluding hydrogens is 469 g/mol. The molecule has 0 amide bonds. The number of halogens is 2. The molecule has 0 unspecified atom stereocenters. The summed E-state index contributed by atoms with van der Waals surface area (Å²) in [4.78, 5) is 21.8. The van der Waals surface area contributed by atoms with E-state index in [1.807, 2.05) is 31.2 Å². The summed E-state index contributed by atoms with van der Waals surface area (Å²) in [6.07, 6.45) is 3.51. The van der Waals surface area contributed by atoms with Crippen molar-refractivity contribution in [3.8, 4) is 11.1 Å². The van der Waals surface area contributed by atoms with Gasteiger partial charge in [-0.1, -0.05) is 24.3 Å². The fourth-order valence-corrected chi connectivity index (χ4v) is 4.38. The normalized spacial score (nSPS) is 12.5. The third kappa shape index (κ3) is 3.82. The van der Waals surface area contributed by atoms with Crippen molar-refractivity contribution in [3.63, 3.8) is 0 Å². The number of hydrogen-bond donors (Lipinski definition) is 0. The number of rotatable bonds is 4. The zero-order valence-electron chi connectivity index (χ0n) is 17.3. The Labute approximate surface area is 193 Å². The highest BCUT2D eigenvalue weighted by atomic mass is 79.9. The fraction of sp³-hybridized carbons (Fsp3) is 0.115. The highest BCUT2D eigenvalue weighted by Crippen LogP contribution is 2.28. The molecule has 2 aromatic heterocycles. The van der Waals surface area contributed by atoms with E-state index in [1.165, 1.54) is 4.57 Å². The second-order valence-electron chi connectivity index (χ2n) is 7.82. The average molecular weight is 488 g/mol. The lowest BCUT2D eigenvalue weighted by molar-refractivity contribution is 0.590. The minimum Gasteiger partial charge on any atom is -0.311 e. The zero-order chi connectivity index (χ0) is 22.2. The largest absolute Gasteiger partial charge is 0.311 e. The van der Waals surface area contributed by atoms with Gasteiger partial charge in [0.05, 0.1) is 23.3 Å². The second-order valence-corrected chi connectivity index (χ2v) is 8.67. The number of hydrogen-bond acceptors (Lipinski definition) is 3. The molecule has 0 bridgehead atoms. The number of aryl methyl sites for hydroxylation is 1. The van der Waals surface area contributed by atoms with Gasteiger partial charge in [0.25, 0.3) is 5.56 Å². The molecule has 2 aromatic carbocycles. The monoisotopic (exact) mass is 487 g/mol. The predicted molar refractivity (Wildman–Crippen MR) is 128 cm³/mol.